The van der Waals surface area contributed by atoms with E-state index >= 15 is 0 Å². The molecule has 0 bridgehead atoms. The molecule has 0 aliphatic rings. The van der Waals surface area contributed by atoms with Gasteiger partial charge in [0.1, 0.15) is 5.69 Å². The van der Waals surface area contributed by atoms with Crippen LogP contribution >= 0.6 is 0 Å². The summed E-state index contributed by atoms with van der Waals surface area (Å²) in [7, 11) is 0. The summed E-state index contributed by atoms with van der Waals surface area (Å²) in [6, 6.07) is 14.6. The van der Waals surface area contributed by atoms with Crippen LogP contribution in [0.3, 0.4) is 0 Å². The summed E-state index contributed by atoms with van der Waals surface area (Å²) in [5.41, 5.74) is 8.72. The highest BCUT2D eigenvalue weighted by atomic mass is 16.7. The molecule has 9 heteroatoms. The van der Waals surface area contributed by atoms with Crippen LogP contribution in [-0.4, -0.2) is 26.9 Å². The highest BCUT2D eigenvalue weighted by Crippen LogP contribution is 2.18. The molecule has 0 saturated carbocycles. The summed E-state index contributed by atoms with van der Waals surface area (Å²) < 4.78 is 0. The molecule has 1 heterocycles. The van der Waals surface area contributed by atoms with Crippen molar-refractivity contribution in [3.63, 3.8) is 0 Å². The fourth-order valence-corrected chi connectivity index (χ4v) is 2.24. The van der Waals surface area contributed by atoms with E-state index in [0.717, 1.165) is 11.1 Å². The first-order chi connectivity index (χ1) is 12.9. The summed E-state index contributed by atoms with van der Waals surface area (Å²) in [6.07, 6.45) is 0. The monoisotopic (exact) mass is 365 g/mol. The van der Waals surface area contributed by atoms with E-state index < -0.39 is 10.9 Å². The van der Waals surface area contributed by atoms with Gasteiger partial charge in [0.2, 0.25) is 0 Å². The molecule has 1 aromatic heterocycles. The van der Waals surface area contributed by atoms with Gasteiger partial charge in [-0.05, 0) is 25.1 Å². The van der Waals surface area contributed by atoms with Crippen LogP contribution < -0.4 is 5.73 Å². The lowest BCUT2D eigenvalue weighted by Gasteiger charge is -2.00. The molecular weight excluding hydrogens is 350 g/mol. The summed E-state index contributed by atoms with van der Waals surface area (Å²) in [4.78, 5) is 27.0. The fourth-order valence-electron chi connectivity index (χ4n) is 2.24. The van der Waals surface area contributed by atoms with E-state index in [9.17, 15) is 14.9 Å². The van der Waals surface area contributed by atoms with E-state index in [-0.39, 0.29) is 17.2 Å². The Morgan fingerprint density at radius 3 is 2.48 bits per heavy atom. The van der Waals surface area contributed by atoms with Gasteiger partial charge in [-0.1, -0.05) is 35.0 Å². The van der Waals surface area contributed by atoms with Crippen LogP contribution in [0.4, 0.5) is 5.69 Å². The van der Waals surface area contributed by atoms with Crippen LogP contribution in [-0.2, 0) is 4.84 Å². The quantitative estimate of drug-likeness (QED) is 0.234. The number of benzene rings is 2. The van der Waals surface area contributed by atoms with Gasteiger partial charge in [0.15, 0.2) is 5.84 Å². The molecule has 9 nitrogen and oxygen atoms in total. The number of nitrogens with one attached hydrogen (secondary N) is 1. The lowest BCUT2D eigenvalue weighted by molar-refractivity contribution is -0.384. The number of amidine groups is 1. The van der Waals surface area contributed by atoms with Gasteiger partial charge in [0.05, 0.1) is 10.6 Å². The zero-order chi connectivity index (χ0) is 19.4. The molecule has 0 aliphatic heterocycles. The number of nitrogens with zero attached hydrogens (tertiary/aromatic N) is 3. The van der Waals surface area contributed by atoms with Crippen LogP contribution in [0.5, 0.6) is 0 Å². The summed E-state index contributed by atoms with van der Waals surface area (Å²) in [5.74, 6) is -0.845. The Bertz CT molecular complexity index is 1010. The Kier molecular flexibility index (Phi) is 4.93. The largest absolute Gasteiger partial charge is 0.383 e. The minimum absolute atomic E-state index is 0.0790. The Labute approximate surface area is 153 Å². The first kappa shape index (κ1) is 17.8. The maximum Gasteiger partial charge on any atom is 0.383 e. The van der Waals surface area contributed by atoms with Crippen molar-refractivity contribution in [2.75, 3.05) is 0 Å². The average molecular weight is 365 g/mol. The number of non-ortho nitro benzene ring substituents is 1. The highest BCUT2D eigenvalue weighted by molar-refractivity contribution is 5.98. The maximum absolute atomic E-state index is 12.1. The van der Waals surface area contributed by atoms with Gasteiger partial charge < -0.3 is 10.6 Å². The van der Waals surface area contributed by atoms with Crippen LogP contribution in [0.25, 0.3) is 11.3 Å². The first-order valence-corrected chi connectivity index (χ1v) is 7.86. The number of nitro groups is 1. The molecule has 3 rings (SSSR count). The van der Waals surface area contributed by atoms with Gasteiger partial charge in [0, 0.05) is 23.3 Å². The third kappa shape index (κ3) is 4.15. The molecular formula is C18H15N5O4. The average Bonchev–Trinajstić information content (AvgIpc) is 3.16. The molecule has 0 amide bonds. The van der Waals surface area contributed by atoms with Gasteiger partial charge in [-0.15, -0.1) is 0 Å². The van der Waals surface area contributed by atoms with Crippen molar-refractivity contribution >= 4 is 17.5 Å². The number of nitro benzene ring substituents is 1. The van der Waals surface area contributed by atoms with Crippen molar-refractivity contribution in [1.29, 1.82) is 0 Å². The molecule has 3 N–H and O–H groups in total. The zero-order valence-electron chi connectivity index (χ0n) is 14.2. The predicted molar refractivity (Wildman–Crippen MR) is 98.0 cm³/mol. The molecule has 0 unspecified atom stereocenters. The second-order valence-corrected chi connectivity index (χ2v) is 5.69. The molecule has 0 fully saturated rings. The molecule has 0 atom stereocenters. The molecule has 0 radical (unpaired) electrons. The van der Waals surface area contributed by atoms with Gasteiger partial charge in [0.25, 0.3) is 5.69 Å². The Hall–Kier alpha value is -4.01. The zero-order valence-corrected chi connectivity index (χ0v) is 14.2. The number of carbonyl (C=O) groups is 1. The molecule has 27 heavy (non-hydrogen) atoms. The van der Waals surface area contributed by atoms with Crippen LogP contribution in [0, 0.1) is 17.0 Å². The van der Waals surface area contributed by atoms with Crippen molar-refractivity contribution in [2.24, 2.45) is 10.9 Å². The van der Waals surface area contributed by atoms with Crippen LogP contribution in [0.1, 0.15) is 21.6 Å². The number of aryl methyl sites for hydroxylation is 1. The number of oxime groups is 1. The third-order valence-corrected chi connectivity index (χ3v) is 3.75. The Balaban J connectivity index is 1.69. The number of carbonyl (C=O) groups excluding carboxylic acids is 1. The topological polar surface area (TPSA) is 136 Å². The fraction of sp³-hybridized carbons (Fsp3) is 0.0556. The number of H-pyrrole nitrogens is 1. The number of nitrogens with two attached hydrogens (primary N) is 1. The maximum atomic E-state index is 12.1. The van der Waals surface area contributed by atoms with Gasteiger partial charge in [-0.2, -0.15) is 5.10 Å². The summed E-state index contributed by atoms with van der Waals surface area (Å²) in [6.45, 7) is 1.98. The van der Waals surface area contributed by atoms with Gasteiger partial charge in [-0.25, -0.2) is 4.79 Å². The van der Waals surface area contributed by atoms with Gasteiger partial charge >= 0.3 is 5.97 Å². The van der Waals surface area contributed by atoms with E-state index in [1.807, 2.05) is 31.2 Å². The minimum atomic E-state index is -0.759. The molecule has 0 spiro atoms. The van der Waals surface area contributed by atoms with Crippen molar-refractivity contribution in [1.82, 2.24) is 10.2 Å². The van der Waals surface area contributed by atoms with Crippen molar-refractivity contribution in [2.45, 2.75) is 6.92 Å². The number of hydrogen-bond acceptors (Lipinski definition) is 6. The smallest absolute Gasteiger partial charge is 0.380 e. The number of hydrogen-bond donors (Lipinski definition) is 2. The van der Waals surface area contributed by atoms with Gasteiger partial charge in [-0.3, -0.25) is 15.2 Å². The normalized spacial score (nSPS) is 11.2. The minimum Gasteiger partial charge on any atom is -0.380 e. The number of rotatable bonds is 5. The summed E-state index contributed by atoms with van der Waals surface area (Å²) >= 11 is 0. The lowest BCUT2D eigenvalue weighted by atomic mass is 10.1. The second-order valence-electron chi connectivity index (χ2n) is 5.69. The van der Waals surface area contributed by atoms with E-state index in [1.165, 1.54) is 24.3 Å². The predicted octanol–water partition coefficient (Wildman–Crippen LogP) is 2.77. The second kappa shape index (κ2) is 7.48. The molecule has 3 aromatic rings. The third-order valence-electron chi connectivity index (χ3n) is 3.75. The van der Waals surface area contributed by atoms with Crippen molar-refractivity contribution in [3.8, 4) is 11.3 Å². The van der Waals surface area contributed by atoms with Crippen LogP contribution in [0.15, 0.2) is 59.8 Å². The van der Waals surface area contributed by atoms with Crippen molar-refractivity contribution in [3.05, 3.63) is 81.5 Å². The van der Waals surface area contributed by atoms with E-state index in [0.29, 0.717) is 11.3 Å². The highest BCUT2D eigenvalue weighted by Gasteiger charge is 2.13. The van der Waals surface area contributed by atoms with E-state index in [2.05, 4.69) is 15.4 Å². The standard InChI is InChI=1S/C18H15N5O4/c1-11-2-4-12(5-3-11)15-10-16(21-20-15)18(24)27-22-17(19)13-6-8-14(9-7-13)23(25)26/h2-10H,1H3,(H2,19,22)(H,20,21). The van der Waals surface area contributed by atoms with Crippen molar-refractivity contribution < 1.29 is 14.6 Å². The molecule has 0 aliphatic carbocycles. The lowest BCUT2D eigenvalue weighted by Crippen LogP contribution is -2.15. The van der Waals surface area contributed by atoms with E-state index in [4.69, 9.17) is 10.6 Å². The summed E-state index contributed by atoms with van der Waals surface area (Å²) in [5, 5.41) is 20.9. The Morgan fingerprint density at radius 2 is 1.85 bits per heavy atom. The number of aromatic amines is 1. The number of aromatic nitrogens is 2. The Morgan fingerprint density at radius 1 is 1.19 bits per heavy atom. The van der Waals surface area contributed by atoms with Crippen LogP contribution in [0.2, 0.25) is 0 Å². The first-order valence-electron chi connectivity index (χ1n) is 7.86. The molecule has 136 valence electrons. The SMILES string of the molecule is Cc1ccc(-c2cc(C(=O)O/N=C(\N)c3ccc([N+](=O)[O-])cc3)[nH]n2)cc1. The molecule has 0 saturated heterocycles. The molecule has 2 aromatic carbocycles. The van der Waals surface area contributed by atoms with E-state index in [1.54, 1.807) is 6.07 Å².